The van der Waals surface area contributed by atoms with E-state index >= 15 is 0 Å². The number of carbonyl (C=O) groups excluding carboxylic acids is 1. The molecule has 0 saturated heterocycles. The van der Waals surface area contributed by atoms with Crippen LogP contribution >= 0.6 is 11.6 Å². The van der Waals surface area contributed by atoms with Crippen LogP contribution in [0.2, 0.25) is 5.02 Å². The second-order valence-corrected chi connectivity index (χ2v) is 5.97. The van der Waals surface area contributed by atoms with Gasteiger partial charge in [-0.05, 0) is 36.8 Å². The first-order valence-corrected chi connectivity index (χ1v) is 8.13. The Balaban J connectivity index is 2.27. The van der Waals surface area contributed by atoms with Gasteiger partial charge in [0.05, 0.1) is 32.4 Å². The predicted molar refractivity (Wildman–Crippen MR) is 98.1 cm³/mol. The second-order valence-electron chi connectivity index (χ2n) is 5.56. The molecule has 0 aliphatic heterocycles. The number of hydrogen-bond acceptors (Lipinski definition) is 4. The summed E-state index contributed by atoms with van der Waals surface area (Å²) >= 11 is 6.20. The smallest absolute Gasteiger partial charge is 0.254 e. The molecule has 25 heavy (non-hydrogen) atoms. The predicted octanol–water partition coefficient (Wildman–Crippen LogP) is 4.20. The molecule has 0 aromatic heterocycles. The summed E-state index contributed by atoms with van der Waals surface area (Å²) in [6.45, 7) is 1.96. The number of carbonyl (C=O) groups is 1. The molecule has 0 fully saturated rings. The van der Waals surface area contributed by atoms with Crippen molar-refractivity contribution in [2.24, 2.45) is 0 Å². The fraction of sp³-hybridized carbons (Fsp3) is 0.316. The summed E-state index contributed by atoms with van der Waals surface area (Å²) in [4.78, 5) is 14.5. The largest absolute Gasteiger partial charge is 0.497 e. The number of halogens is 1. The number of amides is 1. The fourth-order valence-corrected chi connectivity index (χ4v) is 2.81. The first-order chi connectivity index (χ1) is 11.9. The van der Waals surface area contributed by atoms with Crippen LogP contribution in [0.1, 0.15) is 28.9 Å². The summed E-state index contributed by atoms with van der Waals surface area (Å²) in [7, 11) is 6.38. The van der Waals surface area contributed by atoms with Crippen molar-refractivity contribution < 1.29 is 19.0 Å². The maximum absolute atomic E-state index is 12.8. The lowest BCUT2D eigenvalue weighted by molar-refractivity contribution is 0.0742. The van der Waals surface area contributed by atoms with Crippen molar-refractivity contribution in [3.8, 4) is 17.2 Å². The topological polar surface area (TPSA) is 48.0 Å². The second kappa shape index (κ2) is 8.12. The summed E-state index contributed by atoms with van der Waals surface area (Å²) < 4.78 is 15.6. The molecular weight excluding hydrogens is 342 g/mol. The zero-order valence-corrected chi connectivity index (χ0v) is 15.8. The van der Waals surface area contributed by atoms with Crippen molar-refractivity contribution >= 4 is 17.5 Å². The van der Waals surface area contributed by atoms with Gasteiger partial charge in [0, 0.05) is 12.6 Å². The van der Waals surface area contributed by atoms with Crippen molar-refractivity contribution in [1.82, 2.24) is 4.90 Å². The Kier molecular flexibility index (Phi) is 6.15. The van der Waals surface area contributed by atoms with Crippen LogP contribution in [0.25, 0.3) is 0 Å². The van der Waals surface area contributed by atoms with Crippen molar-refractivity contribution in [3.63, 3.8) is 0 Å². The third-order valence-electron chi connectivity index (χ3n) is 4.18. The third kappa shape index (κ3) is 3.99. The Morgan fingerprint density at radius 1 is 1.04 bits per heavy atom. The fourth-order valence-electron chi connectivity index (χ4n) is 2.53. The number of benzene rings is 2. The molecule has 0 bridgehead atoms. The summed E-state index contributed by atoms with van der Waals surface area (Å²) in [6.07, 6.45) is 0. The van der Waals surface area contributed by atoms with Gasteiger partial charge in [-0.25, -0.2) is 0 Å². The van der Waals surface area contributed by atoms with E-state index in [0.29, 0.717) is 22.1 Å². The summed E-state index contributed by atoms with van der Waals surface area (Å²) in [5.74, 6) is 1.44. The average molecular weight is 364 g/mol. The highest BCUT2D eigenvalue weighted by Crippen LogP contribution is 2.36. The van der Waals surface area contributed by atoms with E-state index in [1.165, 1.54) is 14.2 Å². The summed E-state index contributed by atoms with van der Waals surface area (Å²) in [6, 6.07) is 10.7. The Bertz CT molecular complexity index is 746. The van der Waals surface area contributed by atoms with Gasteiger partial charge in [-0.2, -0.15) is 0 Å². The molecule has 0 saturated carbocycles. The van der Waals surface area contributed by atoms with E-state index in [-0.39, 0.29) is 11.9 Å². The van der Waals surface area contributed by atoms with E-state index in [9.17, 15) is 4.79 Å². The minimum absolute atomic E-state index is 0.120. The van der Waals surface area contributed by atoms with Gasteiger partial charge in [0.2, 0.25) is 0 Å². The van der Waals surface area contributed by atoms with Gasteiger partial charge in [-0.1, -0.05) is 23.7 Å². The number of nitrogens with zero attached hydrogens (tertiary/aromatic N) is 1. The molecule has 2 aromatic rings. The highest BCUT2D eigenvalue weighted by Gasteiger charge is 2.22. The van der Waals surface area contributed by atoms with Gasteiger partial charge >= 0.3 is 0 Å². The molecule has 1 amide bonds. The van der Waals surface area contributed by atoms with Crippen LogP contribution in [0.4, 0.5) is 0 Å². The van der Waals surface area contributed by atoms with Crippen LogP contribution < -0.4 is 14.2 Å². The van der Waals surface area contributed by atoms with Gasteiger partial charge in [0.1, 0.15) is 5.75 Å². The maximum Gasteiger partial charge on any atom is 0.254 e. The van der Waals surface area contributed by atoms with Crippen LogP contribution in [-0.2, 0) is 0 Å². The van der Waals surface area contributed by atoms with Crippen molar-refractivity contribution in [2.45, 2.75) is 13.0 Å². The SMILES string of the molecule is COc1ccc(C(C)N(C)C(=O)c2cc(Cl)c(OC)c(OC)c2)cc1. The maximum atomic E-state index is 12.8. The number of rotatable bonds is 6. The molecular formula is C19H22ClNO4. The van der Waals surface area contributed by atoms with Crippen LogP contribution in [-0.4, -0.2) is 39.2 Å². The van der Waals surface area contributed by atoms with Gasteiger partial charge in [-0.3, -0.25) is 4.79 Å². The van der Waals surface area contributed by atoms with Crippen molar-refractivity contribution in [1.29, 1.82) is 0 Å². The Labute approximate surface area is 153 Å². The lowest BCUT2D eigenvalue weighted by atomic mass is 10.1. The van der Waals surface area contributed by atoms with Gasteiger partial charge in [0.25, 0.3) is 5.91 Å². The minimum Gasteiger partial charge on any atom is -0.497 e. The van der Waals surface area contributed by atoms with Gasteiger partial charge in [0.15, 0.2) is 11.5 Å². The van der Waals surface area contributed by atoms with Gasteiger partial charge < -0.3 is 19.1 Å². The van der Waals surface area contributed by atoms with Crippen molar-refractivity contribution in [2.75, 3.05) is 28.4 Å². The quantitative estimate of drug-likeness (QED) is 0.771. The number of methoxy groups -OCH3 is 3. The van der Waals surface area contributed by atoms with Crippen LogP contribution in [0.5, 0.6) is 17.2 Å². The van der Waals surface area contributed by atoms with Crippen LogP contribution in [0.3, 0.4) is 0 Å². The Morgan fingerprint density at radius 3 is 2.20 bits per heavy atom. The Morgan fingerprint density at radius 2 is 1.68 bits per heavy atom. The van der Waals surface area contributed by atoms with Gasteiger partial charge in [-0.15, -0.1) is 0 Å². The van der Waals surface area contributed by atoms with E-state index in [1.54, 1.807) is 31.2 Å². The molecule has 0 radical (unpaired) electrons. The van der Waals surface area contributed by atoms with Crippen LogP contribution in [0.15, 0.2) is 36.4 Å². The third-order valence-corrected chi connectivity index (χ3v) is 4.46. The monoisotopic (exact) mass is 363 g/mol. The molecule has 2 rings (SSSR count). The van der Waals surface area contributed by atoms with E-state index < -0.39 is 0 Å². The molecule has 0 heterocycles. The number of hydrogen-bond donors (Lipinski definition) is 0. The first kappa shape index (κ1) is 18.9. The highest BCUT2D eigenvalue weighted by molar-refractivity contribution is 6.32. The molecule has 0 N–H and O–H groups in total. The molecule has 0 spiro atoms. The van der Waals surface area contributed by atoms with Crippen LogP contribution in [0, 0.1) is 0 Å². The molecule has 0 aliphatic carbocycles. The minimum atomic E-state index is -0.161. The normalized spacial score (nSPS) is 11.6. The molecule has 1 unspecified atom stereocenters. The van der Waals surface area contributed by atoms with Crippen molar-refractivity contribution in [3.05, 3.63) is 52.5 Å². The summed E-state index contributed by atoms with van der Waals surface area (Å²) in [5, 5.41) is 0.329. The molecule has 1 atom stereocenters. The van der Waals surface area contributed by atoms with E-state index in [0.717, 1.165) is 11.3 Å². The number of ether oxygens (including phenoxy) is 3. The Hall–Kier alpha value is -2.40. The van der Waals surface area contributed by atoms with E-state index in [1.807, 2.05) is 31.2 Å². The average Bonchev–Trinajstić information content (AvgIpc) is 2.65. The zero-order valence-electron chi connectivity index (χ0n) is 15.0. The van der Waals surface area contributed by atoms with E-state index in [2.05, 4.69) is 0 Å². The molecule has 2 aromatic carbocycles. The molecule has 134 valence electrons. The van der Waals surface area contributed by atoms with E-state index in [4.69, 9.17) is 25.8 Å². The summed E-state index contributed by atoms with van der Waals surface area (Å²) in [5.41, 5.74) is 1.44. The standard InChI is InChI=1S/C19H22ClNO4/c1-12(13-6-8-15(23-3)9-7-13)21(2)19(22)14-10-16(20)18(25-5)17(11-14)24-4/h6-12H,1-5H3. The highest BCUT2D eigenvalue weighted by atomic mass is 35.5. The first-order valence-electron chi connectivity index (χ1n) is 7.75. The lowest BCUT2D eigenvalue weighted by Crippen LogP contribution is -2.29. The molecule has 5 nitrogen and oxygen atoms in total. The zero-order chi connectivity index (χ0) is 18.6. The lowest BCUT2D eigenvalue weighted by Gasteiger charge is -2.26. The molecule has 0 aliphatic rings. The molecule has 6 heteroatoms.